The fraction of sp³-hybridized carbons (Fsp3) is 0.533. The van der Waals surface area contributed by atoms with Gasteiger partial charge in [0.1, 0.15) is 0 Å². The van der Waals surface area contributed by atoms with E-state index in [1.54, 1.807) is 0 Å². The van der Waals surface area contributed by atoms with E-state index in [-0.39, 0.29) is 5.84 Å². The molecule has 1 atom stereocenters. The van der Waals surface area contributed by atoms with E-state index >= 15 is 0 Å². The summed E-state index contributed by atoms with van der Waals surface area (Å²) in [4.78, 5) is 0. The maximum absolute atomic E-state index is 8.69. The maximum atomic E-state index is 8.69. The van der Waals surface area contributed by atoms with Crippen molar-refractivity contribution in [3.8, 4) is 0 Å². The molecule has 1 aliphatic rings. The van der Waals surface area contributed by atoms with Gasteiger partial charge in [-0.15, -0.1) is 0 Å². The molecule has 0 bridgehead atoms. The van der Waals surface area contributed by atoms with Crippen molar-refractivity contribution in [1.29, 1.82) is 0 Å². The average Bonchev–Trinajstić information content (AvgIpc) is 2.98. The van der Waals surface area contributed by atoms with Crippen LogP contribution in [-0.2, 0) is 6.54 Å². The standard InChI is InChI=1S/C15H23N3O/c1-11(13-6-2-3-7-13)17-10-12-5-4-8-14(9-12)15(16)18-19/h4-5,8-9,11,13,17,19H,2-3,6-7,10H2,1H3,(H2,16,18)/t11-/m0/s1. The van der Waals surface area contributed by atoms with E-state index in [9.17, 15) is 0 Å². The molecule has 4 heteroatoms. The lowest BCUT2D eigenvalue weighted by molar-refractivity contribution is 0.318. The van der Waals surface area contributed by atoms with Gasteiger partial charge < -0.3 is 16.3 Å². The summed E-state index contributed by atoms with van der Waals surface area (Å²) >= 11 is 0. The Kier molecular flexibility index (Phi) is 4.80. The van der Waals surface area contributed by atoms with E-state index in [0.717, 1.165) is 23.6 Å². The molecule has 0 aromatic heterocycles. The molecule has 4 nitrogen and oxygen atoms in total. The Labute approximate surface area is 114 Å². The molecule has 1 fully saturated rings. The van der Waals surface area contributed by atoms with Crippen LogP contribution in [0.5, 0.6) is 0 Å². The zero-order valence-corrected chi connectivity index (χ0v) is 11.5. The van der Waals surface area contributed by atoms with Gasteiger partial charge in [0.25, 0.3) is 0 Å². The number of nitrogens with zero attached hydrogens (tertiary/aromatic N) is 1. The Morgan fingerprint density at radius 1 is 1.47 bits per heavy atom. The Morgan fingerprint density at radius 3 is 2.89 bits per heavy atom. The van der Waals surface area contributed by atoms with E-state index < -0.39 is 0 Å². The number of hydrogen-bond acceptors (Lipinski definition) is 3. The normalized spacial score (nSPS) is 18.7. The highest BCUT2D eigenvalue weighted by Gasteiger charge is 2.20. The minimum absolute atomic E-state index is 0.158. The first kappa shape index (κ1) is 13.9. The number of oxime groups is 1. The van der Waals surface area contributed by atoms with Gasteiger partial charge in [0, 0.05) is 18.2 Å². The molecule has 104 valence electrons. The summed E-state index contributed by atoms with van der Waals surface area (Å²) in [6.45, 7) is 3.09. The van der Waals surface area contributed by atoms with Gasteiger partial charge in [0.15, 0.2) is 5.84 Å². The third kappa shape index (κ3) is 3.70. The van der Waals surface area contributed by atoms with Gasteiger partial charge in [-0.1, -0.05) is 36.2 Å². The summed E-state index contributed by atoms with van der Waals surface area (Å²) in [5, 5.41) is 15.3. The van der Waals surface area contributed by atoms with Crippen LogP contribution in [0.15, 0.2) is 29.4 Å². The number of benzene rings is 1. The predicted molar refractivity (Wildman–Crippen MR) is 77.2 cm³/mol. The molecule has 0 radical (unpaired) electrons. The van der Waals surface area contributed by atoms with Gasteiger partial charge in [0.05, 0.1) is 0 Å². The molecule has 0 spiro atoms. The Hall–Kier alpha value is -1.55. The van der Waals surface area contributed by atoms with Crippen LogP contribution in [0.1, 0.15) is 43.7 Å². The highest BCUT2D eigenvalue weighted by atomic mass is 16.4. The second-order valence-electron chi connectivity index (χ2n) is 5.40. The summed E-state index contributed by atoms with van der Waals surface area (Å²) in [6, 6.07) is 8.35. The van der Waals surface area contributed by atoms with Crippen LogP contribution in [0.2, 0.25) is 0 Å². The smallest absolute Gasteiger partial charge is 0.170 e. The van der Waals surface area contributed by atoms with Crippen molar-refractivity contribution in [3.63, 3.8) is 0 Å². The summed E-state index contributed by atoms with van der Waals surface area (Å²) in [5.74, 6) is 0.970. The highest BCUT2D eigenvalue weighted by molar-refractivity contribution is 5.97. The molecule has 1 aliphatic carbocycles. The first-order valence-electron chi connectivity index (χ1n) is 7.01. The summed E-state index contributed by atoms with van der Waals surface area (Å²) in [6.07, 6.45) is 5.43. The van der Waals surface area contributed by atoms with Crippen molar-refractivity contribution in [3.05, 3.63) is 35.4 Å². The van der Waals surface area contributed by atoms with Crippen molar-refractivity contribution in [2.45, 2.75) is 45.2 Å². The van der Waals surface area contributed by atoms with Crippen LogP contribution in [0.3, 0.4) is 0 Å². The van der Waals surface area contributed by atoms with Crippen LogP contribution >= 0.6 is 0 Å². The Balaban J connectivity index is 1.92. The zero-order chi connectivity index (χ0) is 13.7. The Bertz CT molecular complexity index is 439. The van der Waals surface area contributed by atoms with Gasteiger partial charge in [-0.2, -0.15) is 0 Å². The molecule has 1 aromatic carbocycles. The molecule has 4 N–H and O–H groups in total. The minimum atomic E-state index is 0.158. The molecule has 0 aliphatic heterocycles. The van der Waals surface area contributed by atoms with Gasteiger partial charge in [0.2, 0.25) is 0 Å². The number of nitrogens with one attached hydrogen (secondary N) is 1. The summed E-state index contributed by atoms with van der Waals surface area (Å²) in [7, 11) is 0. The van der Waals surface area contributed by atoms with E-state index in [2.05, 4.69) is 23.5 Å². The monoisotopic (exact) mass is 261 g/mol. The quantitative estimate of drug-likeness (QED) is 0.330. The topological polar surface area (TPSA) is 70.6 Å². The average molecular weight is 261 g/mol. The number of rotatable bonds is 5. The molecular formula is C15H23N3O. The van der Waals surface area contributed by atoms with Crippen molar-refractivity contribution in [2.75, 3.05) is 0 Å². The second-order valence-corrected chi connectivity index (χ2v) is 5.40. The fourth-order valence-electron chi connectivity index (χ4n) is 2.80. The van der Waals surface area contributed by atoms with Gasteiger partial charge in [-0.05, 0) is 37.3 Å². The van der Waals surface area contributed by atoms with Gasteiger partial charge >= 0.3 is 0 Å². The van der Waals surface area contributed by atoms with Crippen LogP contribution in [0.25, 0.3) is 0 Å². The molecular weight excluding hydrogens is 238 g/mol. The largest absolute Gasteiger partial charge is 0.409 e. The van der Waals surface area contributed by atoms with E-state index in [1.165, 1.54) is 25.7 Å². The number of hydrogen-bond donors (Lipinski definition) is 3. The first-order valence-corrected chi connectivity index (χ1v) is 7.01. The first-order chi connectivity index (χ1) is 9.20. The number of nitrogens with two attached hydrogens (primary N) is 1. The number of amidine groups is 1. The molecule has 1 saturated carbocycles. The van der Waals surface area contributed by atoms with Crippen LogP contribution in [0, 0.1) is 5.92 Å². The fourth-order valence-corrected chi connectivity index (χ4v) is 2.80. The third-order valence-electron chi connectivity index (χ3n) is 4.07. The van der Waals surface area contributed by atoms with Crippen molar-refractivity contribution in [1.82, 2.24) is 5.32 Å². The molecule has 0 saturated heterocycles. The summed E-state index contributed by atoms with van der Waals surface area (Å²) in [5.41, 5.74) is 7.52. The molecule has 0 amide bonds. The molecule has 1 aromatic rings. The second kappa shape index (κ2) is 6.57. The predicted octanol–water partition coefficient (Wildman–Crippen LogP) is 2.45. The van der Waals surface area contributed by atoms with Crippen molar-refractivity contribution < 1.29 is 5.21 Å². The third-order valence-corrected chi connectivity index (χ3v) is 4.07. The zero-order valence-electron chi connectivity index (χ0n) is 11.5. The SMILES string of the molecule is C[C@H](NCc1cccc(/C(N)=N/O)c1)C1CCCC1. The maximum Gasteiger partial charge on any atom is 0.170 e. The van der Waals surface area contributed by atoms with E-state index in [4.69, 9.17) is 10.9 Å². The minimum Gasteiger partial charge on any atom is -0.409 e. The van der Waals surface area contributed by atoms with Crippen LogP contribution in [-0.4, -0.2) is 17.1 Å². The van der Waals surface area contributed by atoms with E-state index in [1.807, 2.05) is 18.2 Å². The van der Waals surface area contributed by atoms with Gasteiger partial charge in [-0.3, -0.25) is 0 Å². The molecule has 0 unspecified atom stereocenters. The van der Waals surface area contributed by atoms with Crippen LogP contribution in [0.4, 0.5) is 0 Å². The highest BCUT2D eigenvalue weighted by Crippen LogP contribution is 2.27. The molecule has 19 heavy (non-hydrogen) atoms. The molecule has 0 heterocycles. The van der Waals surface area contributed by atoms with Crippen LogP contribution < -0.4 is 11.1 Å². The lowest BCUT2D eigenvalue weighted by Gasteiger charge is -2.20. The Morgan fingerprint density at radius 2 is 2.21 bits per heavy atom. The molecule has 2 rings (SSSR count). The van der Waals surface area contributed by atoms with Crippen molar-refractivity contribution >= 4 is 5.84 Å². The lowest BCUT2D eigenvalue weighted by Crippen LogP contribution is -2.31. The lowest BCUT2D eigenvalue weighted by atomic mass is 9.99. The summed E-state index contributed by atoms with van der Waals surface area (Å²) < 4.78 is 0. The van der Waals surface area contributed by atoms with Gasteiger partial charge in [-0.25, -0.2) is 0 Å². The van der Waals surface area contributed by atoms with E-state index in [0.29, 0.717) is 6.04 Å². The van der Waals surface area contributed by atoms with Crippen molar-refractivity contribution in [2.24, 2.45) is 16.8 Å².